The summed E-state index contributed by atoms with van der Waals surface area (Å²) in [6.07, 6.45) is 10.6. The Balaban J connectivity index is 5.12. The number of hydrogen-bond acceptors (Lipinski definition) is 2. The highest BCUT2D eigenvalue weighted by molar-refractivity contribution is 6.50. The number of nitrogens with zero attached hydrogens (tertiary/aromatic N) is 2. The molecule has 0 aromatic carbocycles. The third kappa shape index (κ3) is 4.36. The fourth-order valence-corrected chi connectivity index (χ4v) is 0.902. The van der Waals surface area contributed by atoms with Crippen LogP contribution in [0.5, 0.6) is 0 Å². The van der Waals surface area contributed by atoms with Gasteiger partial charge < -0.3 is 0 Å². The lowest BCUT2D eigenvalue weighted by Crippen LogP contribution is -2.07. The second kappa shape index (κ2) is 7.92. The predicted octanol–water partition coefficient (Wildman–Crippen LogP) is 3.31. The third-order valence-corrected chi connectivity index (χ3v) is 1.37. The van der Waals surface area contributed by atoms with Crippen LogP contribution in [-0.2, 0) is 0 Å². The summed E-state index contributed by atoms with van der Waals surface area (Å²) in [6.45, 7) is 11.0. The summed E-state index contributed by atoms with van der Waals surface area (Å²) in [5, 5.41) is 0. The van der Waals surface area contributed by atoms with Gasteiger partial charge in [-0.1, -0.05) is 25.3 Å². The van der Waals surface area contributed by atoms with Crippen molar-refractivity contribution in [3.8, 4) is 0 Å². The molecular weight excluding hydrogens is 172 g/mol. The largest absolute Gasteiger partial charge is 0.255 e. The standard InChI is InChI=1S/C12H16N2/c1-5-9-11(13-7-3)12(10-6-2)14-8-4/h5-10H,3-4H2,1-2H3/b9-5-,10-6-,13-11+,14-12?. The molecule has 0 unspecified atom stereocenters. The Morgan fingerprint density at radius 3 is 1.43 bits per heavy atom. The van der Waals surface area contributed by atoms with Crippen LogP contribution in [0.25, 0.3) is 0 Å². The van der Waals surface area contributed by atoms with E-state index in [9.17, 15) is 0 Å². The lowest BCUT2D eigenvalue weighted by molar-refractivity contribution is 1.55. The fraction of sp³-hybridized carbons (Fsp3) is 0.167. The van der Waals surface area contributed by atoms with Crippen molar-refractivity contribution in [3.05, 3.63) is 49.9 Å². The average Bonchev–Trinajstić information content (AvgIpc) is 2.17. The minimum absolute atomic E-state index is 0.778. The van der Waals surface area contributed by atoms with Gasteiger partial charge in [-0.15, -0.1) is 0 Å². The number of hydrogen-bond donors (Lipinski definition) is 0. The quantitative estimate of drug-likeness (QED) is 0.591. The van der Waals surface area contributed by atoms with Crippen LogP contribution in [0.1, 0.15) is 13.8 Å². The van der Waals surface area contributed by atoms with Crippen molar-refractivity contribution in [2.45, 2.75) is 13.8 Å². The summed E-state index contributed by atoms with van der Waals surface area (Å²) in [6, 6.07) is 0. The van der Waals surface area contributed by atoms with E-state index in [1.807, 2.05) is 38.2 Å². The smallest absolute Gasteiger partial charge is 0.0882 e. The summed E-state index contributed by atoms with van der Waals surface area (Å²) in [4.78, 5) is 8.23. The predicted molar refractivity (Wildman–Crippen MR) is 64.9 cm³/mol. The van der Waals surface area contributed by atoms with E-state index in [2.05, 4.69) is 23.1 Å². The highest BCUT2D eigenvalue weighted by atomic mass is 14.8. The second-order valence-electron chi connectivity index (χ2n) is 2.39. The van der Waals surface area contributed by atoms with Gasteiger partial charge in [0.15, 0.2) is 0 Å². The maximum absolute atomic E-state index is 4.12. The summed E-state index contributed by atoms with van der Waals surface area (Å²) in [7, 11) is 0. The van der Waals surface area contributed by atoms with E-state index >= 15 is 0 Å². The van der Waals surface area contributed by atoms with Crippen molar-refractivity contribution in [2.75, 3.05) is 0 Å². The van der Waals surface area contributed by atoms with Gasteiger partial charge in [0.1, 0.15) is 0 Å². The topological polar surface area (TPSA) is 24.7 Å². The number of rotatable bonds is 5. The zero-order chi connectivity index (χ0) is 10.8. The molecule has 0 atom stereocenters. The molecule has 0 spiro atoms. The summed E-state index contributed by atoms with van der Waals surface area (Å²) in [5.41, 5.74) is 1.56. The van der Waals surface area contributed by atoms with Crippen molar-refractivity contribution >= 4 is 11.4 Å². The van der Waals surface area contributed by atoms with Crippen molar-refractivity contribution in [3.63, 3.8) is 0 Å². The molecule has 0 fully saturated rings. The molecule has 0 amide bonds. The van der Waals surface area contributed by atoms with Gasteiger partial charge in [0.25, 0.3) is 0 Å². The summed E-state index contributed by atoms with van der Waals surface area (Å²) < 4.78 is 0. The van der Waals surface area contributed by atoms with E-state index in [0.717, 1.165) is 11.4 Å². The zero-order valence-electron chi connectivity index (χ0n) is 8.77. The molecular formula is C12H16N2. The third-order valence-electron chi connectivity index (χ3n) is 1.37. The Morgan fingerprint density at radius 2 is 1.21 bits per heavy atom. The van der Waals surface area contributed by atoms with Crippen LogP contribution in [0.15, 0.2) is 59.8 Å². The van der Waals surface area contributed by atoms with Crippen LogP contribution >= 0.6 is 0 Å². The Hall–Kier alpha value is -1.70. The van der Waals surface area contributed by atoms with E-state index in [1.54, 1.807) is 0 Å². The van der Waals surface area contributed by atoms with Crippen LogP contribution in [0.4, 0.5) is 0 Å². The number of allylic oxidation sites excluding steroid dienone is 4. The molecule has 0 saturated heterocycles. The van der Waals surface area contributed by atoms with Crippen LogP contribution in [0, 0.1) is 0 Å². The Kier molecular flexibility index (Phi) is 6.96. The Bertz CT molecular complexity index is 272. The lowest BCUT2D eigenvalue weighted by atomic mass is 10.2. The first-order valence-electron chi connectivity index (χ1n) is 4.43. The molecule has 0 saturated carbocycles. The Morgan fingerprint density at radius 1 is 0.857 bits per heavy atom. The van der Waals surface area contributed by atoms with Crippen molar-refractivity contribution in [1.82, 2.24) is 0 Å². The molecule has 0 aromatic heterocycles. The fourth-order valence-electron chi connectivity index (χ4n) is 0.902. The highest BCUT2D eigenvalue weighted by Gasteiger charge is 1.99. The van der Waals surface area contributed by atoms with E-state index in [0.29, 0.717) is 0 Å². The molecule has 14 heavy (non-hydrogen) atoms. The highest BCUT2D eigenvalue weighted by Crippen LogP contribution is 1.93. The van der Waals surface area contributed by atoms with E-state index in [-0.39, 0.29) is 0 Å². The monoisotopic (exact) mass is 188 g/mol. The average molecular weight is 188 g/mol. The molecule has 2 nitrogen and oxygen atoms in total. The first kappa shape index (κ1) is 12.3. The molecule has 0 N–H and O–H groups in total. The molecule has 0 rings (SSSR count). The summed E-state index contributed by atoms with van der Waals surface area (Å²) in [5.74, 6) is 0. The minimum atomic E-state index is 0.778. The molecule has 0 radical (unpaired) electrons. The van der Waals surface area contributed by atoms with Crippen molar-refractivity contribution in [2.24, 2.45) is 9.98 Å². The first-order valence-corrected chi connectivity index (χ1v) is 4.43. The molecule has 74 valence electrons. The van der Waals surface area contributed by atoms with Gasteiger partial charge in [0, 0.05) is 12.4 Å². The van der Waals surface area contributed by atoms with Gasteiger partial charge in [-0.05, 0) is 26.0 Å². The summed E-state index contributed by atoms with van der Waals surface area (Å²) >= 11 is 0. The van der Waals surface area contributed by atoms with Gasteiger partial charge in [0.2, 0.25) is 0 Å². The van der Waals surface area contributed by atoms with Crippen LogP contribution in [0.3, 0.4) is 0 Å². The SMILES string of the molecule is C=CN=C(/C=C\C)C(/C=C\C)=N/C=C. The maximum atomic E-state index is 4.12. The van der Waals surface area contributed by atoms with Gasteiger partial charge in [0.05, 0.1) is 11.4 Å². The van der Waals surface area contributed by atoms with Crippen LogP contribution in [-0.4, -0.2) is 11.4 Å². The van der Waals surface area contributed by atoms with E-state index in [1.165, 1.54) is 12.4 Å². The molecule has 0 aliphatic heterocycles. The number of aliphatic imine (C=N–C) groups is 2. The maximum Gasteiger partial charge on any atom is 0.0882 e. The van der Waals surface area contributed by atoms with Gasteiger partial charge in [-0.2, -0.15) is 0 Å². The van der Waals surface area contributed by atoms with E-state index in [4.69, 9.17) is 0 Å². The molecule has 0 aromatic rings. The Labute approximate surface area is 85.8 Å². The molecule has 2 heteroatoms. The van der Waals surface area contributed by atoms with Gasteiger partial charge in [-0.25, -0.2) is 0 Å². The van der Waals surface area contributed by atoms with E-state index < -0.39 is 0 Å². The van der Waals surface area contributed by atoms with Gasteiger partial charge >= 0.3 is 0 Å². The van der Waals surface area contributed by atoms with Gasteiger partial charge in [-0.3, -0.25) is 9.98 Å². The molecule has 0 aliphatic carbocycles. The van der Waals surface area contributed by atoms with Crippen molar-refractivity contribution in [1.29, 1.82) is 0 Å². The normalized spacial score (nSPS) is 13.9. The minimum Gasteiger partial charge on any atom is -0.255 e. The second-order valence-corrected chi connectivity index (χ2v) is 2.39. The molecule has 0 bridgehead atoms. The first-order chi connectivity index (χ1) is 6.79. The van der Waals surface area contributed by atoms with Crippen LogP contribution in [0.2, 0.25) is 0 Å². The molecule has 0 heterocycles. The lowest BCUT2D eigenvalue weighted by Gasteiger charge is -1.98. The molecule has 0 aliphatic rings. The van der Waals surface area contributed by atoms with Crippen molar-refractivity contribution < 1.29 is 0 Å². The zero-order valence-corrected chi connectivity index (χ0v) is 8.77. The van der Waals surface area contributed by atoms with Crippen LogP contribution < -0.4 is 0 Å².